The van der Waals surface area contributed by atoms with Crippen molar-refractivity contribution in [1.29, 1.82) is 0 Å². The minimum atomic E-state index is -3.85. The predicted octanol–water partition coefficient (Wildman–Crippen LogP) is 4.88. The number of hydrogen-bond donors (Lipinski definition) is 1. The normalized spacial score (nSPS) is 18.9. The SMILES string of the molecule is CC1CC(Cl)=CC=C1CN1CCN(C(=O)c2ccc(NS(=O)(=O)c3cccc4cccnc34)cc2)CC1. The van der Waals surface area contributed by atoms with Crippen LogP contribution >= 0.6 is 11.6 Å². The van der Waals surface area contributed by atoms with Crippen molar-refractivity contribution in [2.75, 3.05) is 37.4 Å². The largest absolute Gasteiger partial charge is 0.336 e. The van der Waals surface area contributed by atoms with Crippen molar-refractivity contribution >= 4 is 44.1 Å². The van der Waals surface area contributed by atoms with Crippen LogP contribution in [0.25, 0.3) is 10.9 Å². The van der Waals surface area contributed by atoms with E-state index in [0.29, 0.717) is 35.8 Å². The molecule has 1 aliphatic carbocycles. The molecule has 9 heteroatoms. The van der Waals surface area contributed by atoms with Crippen molar-refractivity contribution in [1.82, 2.24) is 14.8 Å². The summed E-state index contributed by atoms with van der Waals surface area (Å²) in [5, 5.41) is 1.65. The summed E-state index contributed by atoms with van der Waals surface area (Å²) in [6, 6.07) is 15.2. The second-order valence-corrected chi connectivity index (χ2v) is 11.7. The standard InChI is InChI=1S/C28H29ClN4O3S/c1-20-18-24(29)10-7-23(20)19-32-14-16-33(17-15-32)28(34)22-8-11-25(12-9-22)31-37(35,36)26-6-2-4-21-5-3-13-30-27(21)26/h2-13,20,31H,14-19H2,1H3. The molecule has 1 amide bonds. The van der Waals surface area contributed by atoms with Gasteiger partial charge < -0.3 is 4.90 Å². The smallest absolute Gasteiger partial charge is 0.264 e. The summed E-state index contributed by atoms with van der Waals surface area (Å²) in [5.74, 6) is 0.386. The molecule has 1 aromatic heterocycles. The number of amides is 1. The first-order valence-corrected chi connectivity index (χ1v) is 14.2. The highest BCUT2D eigenvalue weighted by molar-refractivity contribution is 7.93. The van der Waals surface area contributed by atoms with E-state index in [9.17, 15) is 13.2 Å². The number of nitrogens with one attached hydrogen (secondary N) is 1. The first-order valence-electron chi connectivity index (χ1n) is 12.3. The first-order chi connectivity index (χ1) is 17.8. The zero-order chi connectivity index (χ0) is 26.0. The third kappa shape index (κ3) is 5.71. The quantitative estimate of drug-likeness (QED) is 0.485. The van der Waals surface area contributed by atoms with Crippen LogP contribution in [-0.2, 0) is 10.0 Å². The molecule has 0 bridgehead atoms. The van der Waals surface area contributed by atoms with Gasteiger partial charge in [-0.2, -0.15) is 0 Å². The Labute approximate surface area is 222 Å². The van der Waals surface area contributed by atoms with Gasteiger partial charge in [0.25, 0.3) is 15.9 Å². The number of para-hydroxylation sites is 1. The summed E-state index contributed by atoms with van der Waals surface area (Å²) >= 11 is 6.14. The van der Waals surface area contributed by atoms with Crippen molar-refractivity contribution < 1.29 is 13.2 Å². The van der Waals surface area contributed by atoms with Gasteiger partial charge in [0.15, 0.2) is 0 Å². The summed E-state index contributed by atoms with van der Waals surface area (Å²) in [6.45, 7) is 6.02. The highest BCUT2D eigenvalue weighted by atomic mass is 35.5. The van der Waals surface area contributed by atoms with Gasteiger partial charge in [0, 0.05) is 60.6 Å². The number of sulfonamides is 1. The van der Waals surface area contributed by atoms with Crippen molar-refractivity contribution in [2.24, 2.45) is 5.92 Å². The molecule has 1 fully saturated rings. The van der Waals surface area contributed by atoms with E-state index in [1.807, 2.05) is 23.1 Å². The van der Waals surface area contributed by atoms with E-state index in [-0.39, 0.29) is 10.8 Å². The highest BCUT2D eigenvalue weighted by Crippen LogP contribution is 2.28. The molecule has 1 N–H and O–H groups in total. The van der Waals surface area contributed by atoms with Crippen LogP contribution in [0.3, 0.4) is 0 Å². The fourth-order valence-corrected chi connectivity index (χ4v) is 6.33. The molecule has 192 valence electrons. The Bertz CT molecular complexity index is 1470. The second-order valence-electron chi connectivity index (χ2n) is 9.54. The van der Waals surface area contributed by atoms with Crippen molar-refractivity contribution in [3.8, 4) is 0 Å². The van der Waals surface area contributed by atoms with Crippen LogP contribution in [0.1, 0.15) is 23.7 Å². The molecule has 2 heterocycles. The van der Waals surface area contributed by atoms with E-state index in [2.05, 4.69) is 27.6 Å². The Hall–Kier alpha value is -3.20. The van der Waals surface area contributed by atoms with Gasteiger partial charge in [0.2, 0.25) is 0 Å². The second kappa shape index (κ2) is 10.7. The predicted molar refractivity (Wildman–Crippen MR) is 147 cm³/mol. The number of piperazine rings is 1. The number of hydrogen-bond acceptors (Lipinski definition) is 5. The molecule has 2 aliphatic rings. The van der Waals surface area contributed by atoms with E-state index in [0.717, 1.165) is 36.5 Å². The van der Waals surface area contributed by atoms with Gasteiger partial charge in [-0.15, -0.1) is 0 Å². The lowest BCUT2D eigenvalue weighted by Crippen LogP contribution is -2.49. The Balaban J connectivity index is 1.20. The highest BCUT2D eigenvalue weighted by Gasteiger charge is 2.25. The van der Waals surface area contributed by atoms with Crippen LogP contribution in [0.5, 0.6) is 0 Å². The van der Waals surface area contributed by atoms with E-state index >= 15 is 0 Å². The van der Waals surface area contributed by atoms with Crippen molar-refractivity contribution in [3.05, 3.63) is 89.1 Å². The molecule has 3 aromatic rings. The molecule has 1 atom stereocenters. The number of halogens is 1. The fourth-order valence-electron chi connectivity index (χ4n) is 4.80. The lowest BCUT2D eigenvalue weighted by Gasteiger charge is -2.36. The number of fused-ring (bicyclic) bond motifs is 1. The number of carbonyl (C=O) groups excluding carboxylic acids is 1. The van der Waals surface area contributed by atoms with E-state index in [1.54, 1.807) is 42.6 Å². The zero-order valence-electron chi connectivity index (χ0n) is 20.6. The molecule has 0 radical (unpaired) electrons. The molecule has 5 rings (SSSR count). The molecule has 7 nitrogen and oxygen atoms in total. The number of nitrogens with zero attached hydrogens (tertiary/aromatic N) is 3. The van der Waals surface area contributed by atoms with E-state index in [4.69, 9.17) is 11.6 Å². The van der Waals surface area contributed by atoms with Crippen molar-refractivity contribution in [3.63, 3.8) is 0 Å². The molecular formula is C28H29ClN4O3S. The van der Waals surface area contributed by atoms with Crippen LogP contribution in [0.4, 0.5) is 5.69 Å². The number of anilines is 1. The van der Waals surface area contributed by atoms with Gasteiger partial charge >= 0.3 is 0 Å². The van der Waals surface area contributed by atoms with Gasteiger partial charge in [0.05, 0.1) is 5.52 Å². The first kappa shape index (κ1) is 25.4. The summed E-state index contributed by atoms with van der Waals surface area (Å²) in [7, 11) is -3.85. The molecule has 1 aliphatic heterocycles. The number of allylic oxidation sites excluding steroid dienone is 3. The van der Waals surface area contributed by atoms with Crippen LogP contribution < -0.4 is 4.72 Å². The average Bonchev–Trinajstić information content (AvgIpc) is 2.90. The van der Waals surface area contributed by atoms with Crippen molar-refractivity contribution in [2.45, 2.75) is 18.2 Å². The van der Waals surface area contributed by atoms with Gasteiger partial charge in [-0.1, -0.05) is 48.4 Å². The maximum absolute atomic E-state index is 13.1. The number of carbonyl (C=O) groups is 1. The van der Waals surface area contributed by atoms with Crippen LogP contribution in [0.15, 0.2) is 88.4 Å². The molecule has 2 aromatic carbocycles. The Morgan fingerprint density at radius 2 is 1.76 bits per heavy atom. The maximum atomic E-state index is 13.1. The van der Waals surface area contributed by atoms with Crippen LogP contribution in [0, 0.1) is 5.92 Å². The minimum Gasteiger partial charge on any atom is -0.336 e. The Morgan fingerprint density at radius 3 is 2.49 bits per heavy atom. The molecular weight excluding hydrogens is 508 g/mol. The number of pyridine rings is 1. The maximum Gasteiger partial charge on any atom is 0.264 e. The topological polar surface area (TPSA) is 82.6 Å². The lowest BCUT2D eigenvalue weighted by molar-refractivity contribution is 0.0645. The van der Waals surface area contributed by atoms with Gasteiger partial charge in [-0.05, 0) is 54.8 Å². The molecule has 1 unspecified atom stereocenters. The summed E-state index contributed by atoms with van der Waals surface area (Å²) in [6.07, 6.45) is 6.57. The Morgan fingerprint density at radius 1 is 1.03 bits per heavy atom. The van der Waals surface area contributed by atoms with E-state index in [1.165, 1.54) is 11.6 Å². The van der Waals surface area contributed by atoms with Gasteiger partial charge in [-0.25, -0.2) is 8.42 Å². The minimum absolute atomic E-state index is 0.0488. The van der Waals surface area contributed by atoms with E-state index < -0.39 is 10.0 Å². The third-order valence-corrected chi connectivity index (χ3v) is 8.64. The fraction of sp³-hybridized carbons (Fsp3) is 0.286. The third-order valence-electron chi connectivity index (χ3n) is 6.95. The Kier molecular flexibility index (Phi) is 7.33. The van der Waals surface area contributed by atoms with Gasteiger partial charge in [0.1, 0.15) is 4.90 Å². The lowest BCUT2D eigenvalue weighted by atomic mass is 9.92. The summed E-state index contributed by atoms with van der Waals surface area (Å²) < 4.78 is 28.7. The van der Waals surface area contributed by atoms with Gasteiger partial charge in [-0.3, -0.25) is 19.4 Å². The molecule has 0 spiro atoms. The number of rotatable bonds is 6. The zero-order valence-corrected chi connectivity index (χ0v) is 22.2. The molecule has 0 saturated carbocycles. The van der Waals surface area contributed by atoms with Crippen LogP contribution in [-0.4, -0.2) is 61.8 Å². The number of benzene rings is 2. The summed E-state index contributed by atoms with van der Waals surface area (Å²) in [4.78, 5) is 21.7. The molecule has 1 saturated heterocycles. The van der Waals surface area contributed by atoms with Crippen LogP contribution in [0.2, 0.25) is 0 Å². The summed E-state index contributed by atoms with van der Waals surface area (Å²) in [5.41, 5.74) is 2.71. The number of aromatic nitrogens is 1. The molecule has 37 heavy (non-hydrogen) atoms. The average molecular weight is 537 g/mol. The monoisotopic (exact) mass is 536 g/mol.